The van der Waals surface area contributed by atoms with E-state index in [0.717, 1.165) is 6.08 Å². The summed E-state index contributed by atoms with van der Waals surface area (Å²) in [7, 11) is 0. The molecular weight excluding hydrogens is 279 g/mol. The van der Waals surface area contributed by atoms with Crippen molar-refractivity contribution in [3.05, 3.63) is 40.1 Å². The van der Waals surface area contributed by atoms with Gasteiger partial charge in [0.15, 0.2) is 0 Å². The Labute approximate surface area is 101 Å². The van der Waals surface area contributed by atoms with Gasteiger partial charge in [-0.05, 0) is 46.6 Å². The highest BCUT2D eigenvalue weighted by atomic mass is 79.9. The SMILES string of the molecule is C/C(=C/C(=O)O)COc1ccc(F)c(Br)c1. The first kappa shape index (κ1) is 12.7. The summed E-state index contributed by atoms with van der Waals surface area (Å²) < 4.78 is 18.5. The standard InChI is InChI=1S/C11H10BrFO3/c1-7(4-11(14)15)6-16-8-2-3-10(13)9(12)5-8/h2-5H,6H2,1H3,(H,14,15)/b7-4-. The summed E-state index contributed by atoms with van der Waals surface area (Å²) in [6.07, 6.45) is 1.07. The zero-order valence-corrected chi connectivity index (χ0v) is 10.1. The van der Waals surface area contributed by atoms with E-state index < -0.39 is 5.97 Å². The maximum absolute atomic E-state index is 12.9. The minimum absolute atomic E-state index is 0.157. The first-order chi connectivity index (χ1) is 7.49. The lowest BCUT2D eigenvalue weighted by Crippen LogP contribution is -2.01. The average Bonchev–Trinajstić information content (AvgIpc) is 2.19. The first-order valence-corrected chi connectivity index (χ1v) is 5.26. The van der Waals surface area contributed by atoms with Crippen LogP contribution in [0.15, 0.2) is 34.3 Å². The van der Waals surface area contributed by atoms with Crippen molar-refractivity contribution >= 4 is 21.9 Å². The molecule has 0 saturated heterocycles. The van der Waals surface area contributed by atoms with Gasteiger partial charge in [0.1, 0.15) is 18.2 Å². The maximum Gasteiger partial charge on any atom is 0.328 e. The van der Waals surface area contributed by atoms with Gasteiger partial charge in [-0.2, -0.15) is 0 Å². The third-order valence-corrected chi connectivity index (χ3v) is 2.34. The summed E-state index contributed by atoms with van der Waals surface area (Å²) in [6.45, 7) is 1.80. The number of carboxylic acid groups (broad SMARTS) is 1. The van der Waals surface area contributed by atoms with Gasteiger partial charge in [-0.25, -0.2) is 9.18 Å². The molecule has 0 atom stereocenters. The van der Waals surface area contributed by atoms with Crippen molar-refractivity contribution in [2.45, 2.75) is 6.92 Å². The second-order valence-corrected chi connectivity index (χ2v) is 4.05. The smallest absolute Gasteiger partial charge is 0.328 e. The fraction of sp³-hybridized carbons (Fsp3) is 0.182. The lowest BCUT2D eigenvalue weighted by Gasteiger charge is -2.06. The number of rotatable bonds is 4. The lowest BCUT2D eigenvalue weighted by atomic mass is 10.3. The molecule has 0 unspecified atom stereocenters. The summed E-state index contributed by atoms with van der Waals surface area (Å²) in [4.78, 5) is 10.3. The molecule has 0 fully saturated rings. The summed E-state index contributed by atoms with van der Waals surface area (Å²) in [5.74, 6) is -0.905. The van der Waals surface area contributed by atoms with E-state index in [-0.39, 0.29) is 12.4 Å². The number of aliphatic carboxylic acids is 1. The molecule has 3 nitrogen and oxygen atoms in total. The predicted molar refractivity (Wildman–Crippen MR) is 61.0 cm³/mol. The molecular formula is C11H10BrFO3. The number of carboxylic acids is 1. The quantitative estimate of drug-likeness (QED) is 0.867. The summed E-state index contributed by atoms with van der Waals surface area (Å²) in [5.41, 5.74) is 0.577. The molecule has 0 bridgehead atoms. The molecule has 1 N–H and O–H groups in total. The summed E-state index contributed by atoms with van der Waals surface area (Å²) in [6, 6.07) is 4.24. The zero-order valence-electron chi connectivity index (χ0n) is 8.54. The number of benzene rings is 1. The number of halogens is 2. The average molecular weight is 289 g/mol. The Hall–Kier alpha value is -1.36. The summed E-state index contributed by atoms with van der Waals surface area (Å²) >= 11 is 3.03. The Kier molecular flexibility index (Phi) is 4.49. The molecule has 0 radical (unpaired) electrons. The molecule has 0 spiro atoms. The van der Waals surface area contributed by atoms with Gasteiger partial charge in [-0.3, -0.25) is 0 Å². The van der Waals surface area contributed by atoms with E-state index in [4.69, 9.17) is 9.84 Å². The van der Waals surface area contributed by atoms with E-state index in [1.54, 1.807) is 6.92 Å². The molecule has 0 aliphatic heterocycles. The molecule has 1 rings (SSSR count). The van der Waals surface area contributed by atoms with Crippen LogP contribution in [-0.4, -0.2) is 17.7 Å². The van der Waals surface area contributed by atoms with Crippen LogP contribution in [0.3, 0.4) is 0 Å². The number of hydrogen-bond acceptors (Lipinski definition) is 2. The van der Waals surface area contributed by atoms with Gasteiger partial charge in [0.25, 0.3) is 0 Å². The van der Waals surface area contributed by atoms with Crippen molar-refractivity contribution in [3.63, 3.8) is 0 Å². The molecule has 1 aromatic carbocycles. The van der Waals surface area contributed by atoms with E-state index in [1.165, 1.54) is 18.2 Å². The van der Waals surface area contributed by atoms with Crippen LogP contribution in [-0.2, 0) is 4.79 Å². The molecule has 0 saturated carbocycles. The Bertz CT molecular complexity index is 429. The van der Waals surface area contributed by atoms with Crippen molar-refractivity contribution in [1.29, 1.82) is 0 Å². The monoisotopic (exact) mass is 288 g/mol. The maximum atomic E-state index is 12.9. The van der Waals surface area contributed by atoms with Gasteiger partial charge in [0, 0.05) is 6.08 Å². The Morgan fingerprint density at radius 3 is 2.88 bits per heavy atom. The second kappa shape index (κ2) is 5.65. The lowest BCUT2D eigenvalue weighted by molar-refractivity contribution is -0.131. The van der Waals surface area contributed by atoms with Crippen LogP contribution in [0.25, 0.3) is 0 Å². The fourth-order valence-electron chi connectivity index (χ4n) is 1.02. The van der Waals surface area contributed by atoms with Crippen molar-refractivity contribution in [1.82, 2.24) is 0 Å². The van der Waals surface area contributed by atoms with Crippen molar-refractivity contribution in [2.24, 2.45) is 0 Å². The minimum atomic E-state index is -1.01. The van der Waals surface area contributed by atoms with Crippen LogP contribution >= 0.6 is 15.9 Å². The van der Waals surface area contributed by atoms with Crippen molar-refractivity contribution in [2.75, 3.05) is 6.61 Å². The first-order valence-electron chi connectivity index (χ1n) is 4.47. The van der Waals surface area contributed by atoms with Crippen LogP contribution in [0.1, 0.15) is 6.92 Å². The second-order valence-electron chi connectivity index (χ2n) is 3.19. The fourth-order valence-corrected chi connectivity index (χ4v) is 1.37. The van der Waals surface area contributed by atoms with Crippen LogP contribution in [0, 0.1) is 5.82 Å². The molecule has 0 aromatic heterocycles. The molecule has 1 aromatic rings. The number of ether oxygens (including phenoxy) is 1. The van der Waals surface area contributed by atoms with Crippen LogP contribution in [0.5, 0.6) is 5.75 Å². The Balaban J connectivity index is 2.61. The Morgan fingerprint density at radius 1 is 1.62 bits per heavy atom. The Morgan fingerprint density at radius 2 is 2.31 bits per heavy atom. The van der Waals surface area contributed by atoms with Gasteiger partial charge in [0.05, 0.1) is 4.47 Å². The number of carbonyl (C=O) groups is 1. The van der Waals surface area contributed by atoms with Gasteiger partial charge in [-0.15, -0.1) is 0 Å². The third-order valence-electron chi connectivity index (χ3n) is 1.73. The largest absolute Gasteiger partial charge is 0.489 e. The predicted octanol–water partition coefficient (Wildman–Crippen LogP) is 3.00. The van der Waals surface area contributed by atoms with Crippen molar-refractivity contribution < 1.29 is 19.0 Å². The van der Waals surface area contributed by atoms with Crippen LogP contribution in [0.4, 0.5) is 4.39 Å². The highest BCUT2D eigenvalue weighted by molar-refractivity contribution is 9.10. The van der Waals surface area contributed by atoms with E-state index in [2.05, 4.69) is 15.9 Å². The van der Waals surface area contributed by atoms with E-state index in [9.17, 15) is 9.18 Å². The van der Waals surface area contributed by atoms with Crippen LogP contribution in [0.2, 0.25) is 0 Å². The van der Waals surface area contributed by atoms with E-state index in [0.29, 0.717) is 15.8 Å². The highest BCUT2D eigenvalue weighted by Crippen LogP contribution is 2.21. The summed E-state index contributed by atoms with van der Waals surface area (Å²) in [5, 5.41) is 8.47. The van der Waals surface area contributed by atoms with Gasteiger partial charge in [0.2, 0.25) is 0 Å². The van der Waals surface area contributed by atoms with Crippen molar-refractivity contribution in [3.8, 4) is 5.75 Å². The van der Waals surface area contributed by atoms with Crippen LogP contribution < -0.4 is 4.74 Å². The van der Waals surface area contributed by atoms with Gasteiger partial charge >= 0.3 is 5.97 Å². The molecule has 0 aliphatic rings. The van der Waals surface area contributed by atoms with E-state index in [1.807, 2.05) is 0 Å². The molecule has 0 amide bonds. The molecule has 0 aliphatic carbocycles. The molecule has 86 valence electrons. The van der Waals surface area contributed by atoms with Gasteiger partial charge < -0.3 is 9.84 Å². The zero-order chi connectivity index (χ0) is 12.1. The molecule has 0 heterocycles. The topological polar surface area (TPSA) is 46.5 Å². The van der Waals surface area contributed by atoms with E-state index >= 15 is 0 Å². The highest BCUT2D eigenvalue weighted by Gasteiger charge is 2.02. The normalized spacial score (nSPS) is 11.3. The van der Waals surface area contributed by atoms with Gasteiger partial charge in [-0.1, -0.05) is 0 Å². The molecule has 5 heteroatoms. The number of hydrogen-bond donors (Lipinski definition) is 1. The minimum Gasteiger partial charge on any atom is -0.489 e. The molecule has 16 heavy (non-hydrogen) atoms. The third kappa shape index (κ3) is 4.02.